The van der Waals surface area contributed by atoms with Crippen molar-refractivity contribution >= 4 is 22.1 Å². The maximum Gasteiger partial charge on any atom is 0.294 e. The molecule has 0 bridgehead atoms. The first-order chi connectivity index (χ1) is 14.4. The Labute approximate surface area is 174 Å². The topological polar surface area (TPSA) is 34.8 Å². The van der Waals surface area contributed by atoms with Gasteiger partial charge in [0.2, 0.25) is 11.7 Å². The number of hydrogen-bond acceptors (Lipinski definition) is 2. The fraction of sp³-hybridized carbons (Fsp3) is 0.200. The van der Waals surface area contributed by atoms with Crippen LogP contribution in [0.15, 0.2) is 65.3 Å². The summed E-state index contributed by atoms with van der Waals surface area (Å²) in [5.41, 5.74) is 5.69. The number of pyridine rings is 1. The number of aryl methyl sites for hydroxylation is 2. The van der Waals surface area contributed by atoms with Gasteiger partial charge in [-0.25, -0.2) is 4.57 Å². The smallest absolute Gasteiger partial charge is 0.294 e. The Morgan fingerprint density at radius 1 is 1.07 bits per heavy atom. The van der Waals surface area contributed by atoms with Crippen molar-refractivity contribution in [2.24, 2.45) is 7.05 Å². The van der Waals surface area contributed by atoms with Crippen molar-refractivity contribution in [1.29, 1.82) is 0 Å². The first kappa shape index (κ1) is 18.6. The van der Waals surface area contributed by atoms with E-state index in [9.17, 15) is 4.39 Å². The first-order valence-corrected chi connectivity index (χ1v) is 10.1. The van der Waals surface area contributed by atoms with Gasteiger partial charge in [0.25, 0.3) is 5.82 Å². The van der Waals surface area contributed by atoms with E-state index in [2.05, 4.69) is 84.7 Å². The highest BCUT2D eigenvalue weighted by molar-refractivity contribution is 6.05. The highest BCUT2D eigenvalue weighted by atomic mass is 19.1. The molecule has 0 aliphatic rings. The van der Waals surface area contributed by atoms with Gasteiger partial charge in [0.1, 0.15) is 23.7 Å². The molecule has 150 valence electrons. The van der Waals surface area contributed by atoms with E-state index in [0.29, 0.717) is 17.2 Å². The van der Waals surface area contributed by atoms with Crippen LogP contribution in [0.3, 0.4) is 0 Å². The van der Waals surface area contributed by atoms with Gasteiger partial charge in [0.05, 0.1) is 12.6 Å². The van der Waals surface area contributed by atoms with Crippen LogP contribution in [0.1, 0.15) is 30.9 Å². The third-order valence-corrected chi connectivity index (χ3v) is 5.71. The van der Waals surface area contributed by atoms with Crippen molar-refractivity contribution in [3.05, 3.63) is 78.0 Å². The van der Waals surface area contributed by atoms with E-state index in [1.165, 1.54) is 17.3 Å². The van der Waals surface area contributed by atoms with Gasteiger partial charge in [-0.1, -0.05) is 32.0 Å². The summed E-state index contributed by atoms with van der Waals surface area (Å²) in [6, 6.07) is 15.7. The maximum atomic E-state index is 13.6. The van der Waals surface area contributed by atoms with E-state index in [-0.39, 0.29) is 0 Å². The summed E-state index contributed by atoms with van der Waals surface area (Å²) in [6.07, 6.45) is 4.17. The van der Waals surface area contributed by atoms with Gasteiger partial charge in [-0.2, -0.15) is 13.9 Å². The number of imidazole rings is 1. The monoisotopic (exact) mass is 400 g/mol. The molecule has 0 saturated carbocycles. The molecule has 0 radical (unpaired) electrons. The third kappa shape index (κ3) is 2.81. The molecular formula is C25H23FN3O+. The zero-order valence-electron chi connectivity index (χ0n) is 17.5. The summed E-state index contributed by atoms with van der Waals surface area (Å²) in [5.74, 6) is 0.945. The van der Waals surface area contributed by atoms with Crippen molar-refractivity contribution in [3.63, 3.8) is 0 Å². The lowest BCUT2D eigenvalue weighted by Gasteiger charge is -2.12. The van der Waals surface area contributed by atoms with Gasteiger partial charge in [0.15, 0.2) is 0 Å². The molecule has 0 unspecified atom stereocenters. The molecule has 3 heterocycles. The summed E-state index contributed by atoms with van der Waals surface area (Å²) in [6.45, 7) is 6.49. The SMILES string of the molecule is Cc1cc2oc3nc(F)ccc3c2cc1-c1n(-c2ccccc2C(C)C)cc[n+]1C. The zero-order valence-corrected chi connectivity index (χ0v) is 17.5. The van der Waals surface area contributed by atoms with Crippen LogP contribution in [-0.2, 0) is 7.05 Å². The summed E-state index contributed by atoms with van der Waals surface area (Å²) in [5, 5.41) is 1.75. The average molecular weight is 400 g/mol. The van der Waals surface area contributed by atoms with E-state index in [1.54, 1.807) is 6.07 Å². The number of benzene rings is 2. The third-order valence-electron chi connectivity index (χ3n) is 5.71. The molecule has 0 fully saturated rings. The minimum atomic E-state index is -0.538. The molecule has 3 aromatic heterocycles. The van der Waals surface area contributed by atoms with Crippen LogP contribution in [0.4, 0.5) is 4.39 Å². The minimum Gasteiger partial charge on any atom is -0.438 e. The number of halogens is 1. The number of fused-ring (bicyclic) bond motifs is 3. The Kier molecular flexibility index (Phi) is 4.21. The molecule has 0 aliphatic carbocycles. The second-order valence-electron chi connectivity index (χ2n) is 8.07. The van der Waals surface area contributed by atoms with Gasteiger partial charge in [0, 0.05) is 16.3 Å². The fourth-order valence-corrected chi connectivity index (χ4v) is 4.21. The normalized spacial score (nSPS) is 11.8. The Morgan fingerprint density at radius 3 is 2.67 bits per heavy atom. The molecule has 5 heteroatoms. The van der Waals surface area contributed by atoms with E-state index >= 15 is 0 Å². The summed E-state index contributed by atoms with van der Waals surface area (Å²) < 4.78 is 23.8. The van der Waals surface area contributed by atoms with E-state index in [4.69, 9.17) is 4.42 Å². The predicted molar refractivity (Wildman–Crippen MR) is 116 cm³/mol. The number of nitrogens with zero attached hydrogens (tertiary/aromatic N) is 3. The first-order valence-electron chi connectivity index (χ1n) is 10.1. The lowest BCUT2D eigenvalue weighted by atomic mass is 10.00. The highest BCUT2D eigenvalue weighted by Crippen LogP contribution is 2.34. The van der Waals surface area contributed by atoms with Gasteiger partial charge in [-0.3, -0.25) is 0 Å². The second kappa shape index (κ2) is 6.80. The largest absolute Gasteiger partial charge is 0.438 e. The minimum absolute atomic E-state index is 0.325. The van der Waals surface area contributed by atoms with Gasteiger partial charge in [-0.15, -0.1) is 0 Å². The Bertz CT molecular complexity index is 1410. The molecular weight excluding hydrogens is 377 g/mol. The number of rotatable bonds is 3. The predicted octanol–water partition coefficient (Wildman–Crippen LogP) is 5.83. The summed E-state index contributed by atoms with van der Waals surface area (Å²) >= 11 is 0. The van der Waals surface area contributed by atoms with E-state index in [1.807, 2.05) is 6.07 Å². The molecule has 0 N–H and O–H groups in total. The summed E-state index contributed by atoms with van der Waals surface area (Å²) in [7, 11) is 2.05. The molecule has 0 saturated heterocycles. The number of para-hydroxylation sites is 1. The molecule has 0 atom stereocenters. The molecule has 5 aromatic rings. The molecule has 4 nitrogen and oxygen atoms in total. The van der Waals surface area contributed by atoms with E-state index in [0.717, 1.165) is 27.7 Å². The summed E-state index contributed by atoms with van der Waals surface area (Å²) in [4.78, 5) is 3.90. The molecule has 0 spiro atoms. The van der Waals surface area contributed by atoms with Crippen LogP contribution < -0.4 is 4.57 Å². The molecule has 0 amide bonds. The number of hydrogen-bond donors (Lipinski definition) is 0. The molecule has 2 aromatic carbocycles. The van der Waals surface area contributed by atoms with Gasteiger partial charge in [-0.05, 0) is 48.7 Å². The lowest BCUT2D eigenvalue weighted by Crippen LogP contribution is -2.29. The molecule has 30 heavy (non-hydrogen) atoms. The standard InChI is InChI=1S/C25H23FN3O/c1-15(2)17-7-5-6-8-21(17)29-12-11-28(4)25(29)19-14-20-18-9-10-23(26)27-24(18)30-22(20)13-16(19)3/h5-15H,1-4H3/q+1. The van der Waals surface area contributed by atoms with Crippen LogP contribution in [0.25, 0.3) is 39.1 Å². The molecule has 0 aliphatic heterocycles. The Hall–Kier alpha value is -3.47. The van der Waals surface area contributed by atoms with Crippen molar-refractivity contribution in [2.75, 3.05) is 0 Å². The van der Waals surface area contributed by atoms with Crippen LogP contribution in [0, 0.1) is 12.9 Å². The fourth-order valence-electron chi connectivity index (χ4n) is 4.21. The van der Waals surface area contributed by atoms with Crippen LogP contribution in [0.2, 0.25) is 0 Å². The van der Waals surface area contributed by atoms with Crippen LogP contribution >= 0.6 is 0 Å². The maximum absolute atomic E-state index is 13.6. The van der Waals surface area contributed by atoms with Crippen molar-refractivity contribution in [1.82, 2.24) is 9.55 Å². The number of aromatic nitrogens is 3. The van der Waals surface area contributed by atoms with Gasteiger partial charge >= 0.3 is 0 Å². The highest BCUT2D eigenvalue weighted by Gasteiger charge is 2.24. The van der Waals surface area contributed by atoms with E-state index < -0.39 is 5.95 Å². The Morgan fingerprint density at radius 2 is 1.87 bits per heavy atom. The molecule has 5 rings (SSSR count). The van der Waals surface area contributed by atoms with Crippen LogP contribution in [-0.4, -0.2) is 9.55 Å². The lowest BCUT2D eigenvalue weighted by molar-refractivity contribution is -0.659. The Balaban J connectivity index is 1.79. The quantitative estimate of drug-likeness (QED) is 0.282. The van der Waals surface area contributed by atoms with Crippen molar-refractivity contribution in [3.8, 4) is 17.1 Å². The van der Waals surface area contributed by atoms with Crippen LogP contribution in [0.5, 0.6) is 0 Å². The van der Waals surface area contributed by atoms with Crippen molar-refractivity contribution < 1.29 is 13.4 Å². The average Bonchev–Trinajstić information content (AvgIpc) is 3.26. The van der Waals surface area contributed by atoms with Crippen molar-refractivity contribution in [2.45, 2.75) is 26.7 Å². The second-order valence-corrected chi connectivity index (χ2v) is 8.07. The zero-order chi connectivity index (χ0) is 21.0. The van der Waals surface area contributed by atoms with Gasteiger partial charge < -0.3 is 4.42 Å². The number of furan rings is 1.